The largest absolute Gasteiger partial charge is 0.489 e. The number of H-pyrrole nitrogens is 1. The van der Waals surface area contributed by atoms with Crippen LogP contribution in [0.15, 0.2) is 134 Å². The van der Waals surface area contributed by atoms with Crippen LogP contribution in [0.3, 0.4) is 0 Å². The first-order valence-corrected chi connectivity index (χ1v) is 16.1. The maximum atomic E-state index is 14.6. The second-order valence-corrected chi connectivity index (χ2v) is 12.7. The van der Waals surface area contributed by atoms with Crippen molar-refractivity contribution in [3.63, 3.8) is 0 Å². The maximum absolute atomic E-state index is 14.6. The number of aliphatic hydroxyl groups excluding tert-OH is 1. The van der Waals surface area contributed by atoms with Gasteiger partial charge < -0.3 is 25.5 Å². The molecule has 6 rings (SSSR count). The Bertz CT molecular complexity index is 1980. The van der Waals surface area contributed by atoms with Gasteiger partial charge in [-0.3, -0.25) is 4.79 Å². The van der Waals surface area contributed by atoms with Crippen molar-refractivity contribution in [3.05, 3.63) is 150 Å². The molecule has 0 saturated carbocycles. The molecule has 0 bridgehead atoms. The first kappa shape index (κ1) is 33.9. The third kappa shape index (κ3) is 7.75. The zero-order valence-corrected chi connectivity index (χ0v) is 27.6. The predicted molar refractivity (Wildman–Crippen MR) is 192 cm³/mol. The summed E-state index contributed by atoms with van der Waals surface area (Å²) < 4.78 is 5.83. The van der Waals surface area contributed by atoms with Crippen LogP contribution in [0.4, 0.5) is 0 Å². The van der Waals surface area contributed by atoms with Crippen molar-refractivity contribution in [3.8, 4) is 11.8 Å². The molecular weight excluding hydrogens is 596 g/mol. The molecular formula is C41H42N4O3. The van der Waals surface area contributed by atoms with Crippen LogP contribution in [-0.4, -0.2) is 45.7 Å². The van der Waals surface area contributed by atoms with Crippen LogP contribution in [0, 0.1) is 11.3 Å². The van der Waals surface area contributed by atoms with Crippen molar-refractivity contribution in [2.24, 2.45) is 5.73 Å². The quantitative estimate of drug-likeness (QED) is 0.145. The van der Waals surface area contributed by atoms with Gasteiger partial charge >= 0.3 is 0 Å². The SMILES string of the molecule is CC(N)(C(=O)N(CC(O)COc1ccccc1C#N)C(C)(C)Cc1c[nH]c2ccccc12)c1cccc2ccccc12.c1ccccc1. The first-order chi connectivity index (χ1) is 23.1. The molecule has 7 nitrogen and oxygen atoms in total. The number of hydrogen-bond acceptors (Lipinski definition) is 5. The van der Waals surface area contributed by atoms with Crippen molar-refractivity contribution in [2.45, 2.75) is 44.4 Å². The topological polar surface area (TPSA) is 115 Å². The number of nitriles is 1. The fraction of sp³-hybridized carbons (Fsp3) is 0.220. The van der Waals surface area contributed by atoms with E-state index in [1.54, 1.807) is 36.1 Å². The third-order valence-electron chi connectivity index (χ3n) is 8.57. The zero-order valence-electron chi connectivity index (χ0n) is 27.6. The van der Waals surface area contributed by atoms with E-state index in [1.807, 2.05) is 117 Å². The average molecular weight is 639 g/mol. The number of nitrogens with two attached hydrogens (primary N) is 1. The fourth-order valence-electron chi connectivity index (χ4n) is 6.04. The highest BCUT2D eigenvalue weighted by molar-refractivity contribution is 5.95. The Morgan fingerprint density at radius 1 is 0.854 bits per heavy atom. The van der Waals surface area contributed by atoms with E-state index in [0.717, 1.165) is 27.2 Å². The summed E-state index contributed by atoms with van der Waals surface area (Å²) in [7, 11) is 0. The molecule has 0 aliphatic carbocycles. The van der Waals surface area contributed by atoms with Crippen LogP contribution in [0.5, 0.6) is 5.75 Å². The van der Waals surface area contributed by atoms with Crippen molar-refractivity contribution >= 4 is 27.6 Å². The molecule has 0 saturated heterocycles. The van der Waals surface area contributed by atoms with Crippen LogP contribution in [0.25, 0.3) is 21.7 Å². The van der Waals surface area contributed by atoms with E-state index in [4.69, 9.17) is 10.5 Å². The van der Waals surface area contributed by atoms with Gasteiger partial charge in [0.25, 0.3) is 0 Å². The summed E-state index contributed by atoms with van der Waals surface area (Å²) in [6.07, 6.45) is 1.46. The Balaban J connectivity index is 0.000000677. The van der Waals surface area contributed by atoms with E-state index in [1.165, 1.54) is 0 Å². The van der Waals surface area contributed by atoms with E-state index in [9.17, 15) is 15.2 Å². The Morgan fingerprint density at radius 2 is 1.46 bits per heavy atom. The van der Waals surface area contributed by atoms with Crippen molar-refractivity contribution in [2.75, 3.05) is 13.2 Å². The number of rotatable bonds is 10. The molecule has 0 aliphatic rings. The molecule has 5 aromatic carbocycles. The summed E-state index contributed by atoms with van der Waals surface area (Å²) in [5, 5.41) is 23.6. The lowest BCUT2D eigenvalue weighted by Crippen LogP contribution is -2.60. The van der Waals surface area contributed by atoms with Crippen LogP contribution in [-0.2, 0) is 16.8 Å². The van der Waals surface area contributed by atoms with E-state index < -0.39 is 17.2 Å². The molecule has 0 aliphatic heterocycles. The molecule has 2 atom stereocenters. The molecule has 0 spiro atoms. The van der Waals surface area contributed by atoms with Crippen molar-refractivity contribution < 1.29 is 14.6 Å². The second kappa shape index (κ2) is 15.0. The Morgan fingerprint density at radius 3 is 2.17 bits per heavy atom. The Labute approximate surface area is 282 Å². The number of carbonyl (C=O) groups is 1. The number of aromatic amines is 1. The van der Waals surface area contributed by atoms with Crippen LogP contribution >= 0.6 is 0 Å². The number of aliphatic hydroxyl groups is 1. The Kier molecular flexibility index (Phi) is 10.6. The summed E-state index contributed by atoms with van der Waals surface area (Å²) in [6.45, 7) is 5.61. The highest BCUT2D eigenvalue weighted by atomic mass is 16.5. The lowest BCUT2D eigenvalue weighted by molar-refractivity contribution is -0.144. The maximum Gasteiger partial charge on any atom is 0.247 e. The standard InChI is InChI=1S/C35H36N4O3.C6H6/c1-34(2,19-26-21-38-31-17-8-7-15-29(26)31)39(22-27(40)23-42-32-18-9-5-12-25(32)20-36)33(41)35(3,37)30-16-10-13-24-11-4-6-14-28(24)30;1-2-4-6-5-3-1/h4-18,21,27,38,40H,19,22-23,37H2,1-3H3;1-6H. The highest BCUT2D eigenvalue weighted by Crippen LogP contribution is 2.33. The minimum atomic E-state index is -1.38. The van der Waals surface area contributed by atoms with E-state index in [0.29, 0.717) is 23.3 Å². The number of ether oxygens (including phenoxy) is 1. The number of benzene rings is 5. The van der Waals surface area contributed by atoms with Crippen molar-refractivity contribution in [1.82, 2.24) is 9.88 Å². The monoisotopic (exact) mass is 638 g/mol. The number of nitrogens with zero attached hydrogens (tertiary/aromatic N) is 2. The van der Waals surface area contributed by atoms with Crippen LogP contribution in [0.1, 0.15) is 37.5 Å². The number of aromatic nitrogens is 1. The molecule has 1 amide bonds. The molecule has 1 aromatic heterocycles. The molecule has 0 radical (unpaired) electrons. The highest BCUT2D eigenvalue weighted by Gasteiger charge is 2.42. The summed E-state index contributed by atoms with van der Waals surface area (Å²) in [6, 6.07) is 42.7. The molecule has 48 heavy (non-hydrogen) atoms. The number of β-amino-alcohol motifs (C(OH)–C–C–N with tert-alkyl or cyclic N) is 1. The van der Waals surface area contributed by atoms with Gasteiger partial charge in [0.05, 0.1) is 12.1 Å². The van der Waals surface area contributed by atoms with Gasteiger partial charge in [0.1, 0.15) is 30.1 Å². The van der Waals surface area contributed by atoms with Crippen LogP contribution < -0.4 is 10.5 Å². The van der Waals surface area contributed by atoms with Gasteiger partial charge in [0.2, 0.25) is 5.91 Å². The Hall–Kier alpha value is -5.42. The van der Waals surface area contributed by atoms with Crippen LogP contribution in [0.2, 0.25) is 0 Å². The van der Waals surface area contributed by atoms with Gasteiger partial charge in [0, 0.05) is 22.6 Å². The van der Waals surface area contributed by atoms with E-state index in [2.05, 4.69) is 17.1 Å². The molecule has 244 valence electrons. The van der Waals surface area contributed by atoms with Gasteiger partial charge in [-0.1, -0.05) is 109 Å². The number of hydrogen-bond donors (Lipinski definition) is 3. The smallest absolute Gasteiger partial charge is 0.247 e. The number of para-hydroxylation sites is 2. The summed E-state index contributed by atoms with van der Waals surface area (Å²) in [4.78, 5) is 19.6. The molecule has 0 fully saturated rings. The number of fused-ring (bicyclic) bond motifs is 2. The lowest BCUT2D eigenvalue weighted by Gasteiger charge is -2.44. The lowest BCUT2D eigenvalue weighted by atomic mass is 9.84. The predicted octanol–water partition coefficient (Wildman–Crippen LogP) is 7.34. The second-order valence-electron chi connectivity index (χ2n) is 12.7. The van der Waals surface area contributed by atoms with Gasteiger partial charge in [-0.2, -0.15) is 5.26 Å². The summed E-state index contributed by atoms with van der Waals surface area (Å²) in [5.74, 6) is 0.0783. The summed E-state index contributed by atoms with van der Waals surface area (Å²) in [5.41, 5.74) is 7.99. The number of amides is 1. The molecule has 1 heterocycles. The molecule has 4 N–H and O–H groups in total. The normalized spacial score (nSPS) is 13.1. The van der Waals surface area contributed by atoms with E-state index in [-0.39, 0.29) is 19.1 Å². The minimum absolute atomic E-state index is 0.0134. The molecule has 6 aromatic rings. The van der Waals surface area contributed by atoms with Gasteiger partial charge in [-0.15, -0.1) is 0 Å². The fourth-order valence-corrected chi connectivity index (χ4v) is 6.04. The van der Waals surface area contributed by atoms with Gasteiger partial charge in [-0.05, 0) is 67.3 Å². The zero-order chi connectivity index (χ0) is 34.1. The minimum Gasteiger partial charge on any atom is -0.489 e. The third-order valence-corrected chi connectivity index (χ3v) is 8.57. The van der Waals surface area contributed by atoms with E-state index >= 15 is 0 Å². The van der Waals surface area contributed by atoms with Crippen molar-refractivity contribution in [1.29, 1.82) is 5.26 Å². The number of carbonyl (C=O) groups excluding carboxylic acids is 1. The summed E-state index contributed by atoms with van der Waals surface area (Å²) >= 11 is 0. The van der Waals surface area contributed by atoms with Gasteiger partial charge in [0.15, 0.2) is 0 Å². The average Bonchev–Trinajstić information content (AvgIpc) is 3.52. The molecule has 2 unspecified atom stereocenters. The number of nitrogens with one attached hydrogen (secondary N) is 1. The first-order valence-electron chi connectivity index (χ1n) is 16.1. The van der Waals surface area contributed by atoms with Gasteiger partial charge in [-0.25, -0.2) is 0 Å². The molecule has 7 heteroatoms.